The van der Waals surface area contributed by atoms with E-state index in [-0.39, 0.29) is 18.3 Å². The predicted octanol–water partition coefficient (Wildman–Crippen LogP) is 2.08. The van der Waals surface area contributed by atoms with Crippen LogP contribution in [-0.2, 0) is 16.1 Å². The zero-order chi connectivity index (χ0) is 13.3. The zero-order valence-electron chi connectivity index (χ0n) is 9.61. The van der Waals surface area contributed by atoms with Crippen molar-refractivity contribution in [2.24, 2.45) is 0 Å². The lowest BCUT2D eigenvalue weighted by Crippen LogP contribution is -2.09. The first kappa shape index (κ1) is 12.8. The van der Waals surface area contributed by atoms with Crippen molar-refractivity contribution in [2.45, 2.75) is 13.0 Å². The van der Waals surface area contributed by atoms with Gasteiger partial charge >= 0.3 is 5.97 Å². The summed E-state index contributed by atoms with van der Waals surface area (Å²) in [6, 6.07) is 2.88. The van der Waals surface area contributed by atoms with Gasteiger partial charge in [-0.1, -0.05) is 0 Å². The molecule has 2 N–H and O–H groups in total. The zero-order valence-corrected chi connectivity index (χ0v) is 11.2. The van der Waals surface area contributed by atoms with Crippen LogP contribution in [0.25, 0.3) is 11.0 Å². The normalized spacial score (nSPS) is 10.8. The molecule has 2 rings (SSSR count). The summed E-state index contributed by atoms with van der Waals surface area (Å²) >= 11 is 3.08. The Morgan fingerprint density at radius 1 is 1.61 bits per heavy atom. The number of rotatable bonds is 3. The molecule has 1 aromatic carbocycles. The third-order valence-corrected chi connectivity index (χ3v) is 3.19. The summed E-state index contributed by atoms with van der Waals surface area (Å²) in [5.74, 6) is -0.512. The maximum atomic E-state index is 13.5. The van der Waals surface area contributed by atoms with E-state index in [1.54, 1.807) is 10.6 Å². The van der Waals surface area contributed by atoms with E-state index in [0.29, 0.717) is 22.1 Å². The first-order valence-electron chi connectivity index (χ1n) is 5.20. The van der Waals surface area contributed by atoms with Crippen molar-refractivity contribution < 1.29 is 13.9 Å². The SMILES string of the molecule is COC(=O)CCn1c(N)nc2cc(Br)c(F)cc21. The van der Waals surface area contributed by atoms with Crippen molar-refractivity contribution >= 4 is 38.9 Å². The number of esters is 1. The largest absolute Gasteiger partial charge is 0.469 e. The molecule has 1 aromatic heterocycles. The highest BCUT2D eigenvalue weighted by Crippen LogP contribution is 2.25. The smallest absolute Gasteiger partial charge is 0.307 e. The number of methoxy groups -OCH3 is 1. The Bertz CT molecular complexity index is 612. The van der Waals surface area contributed by atoms with Gasteiger partial charge in [-0.15, -0.1) is 0 Å². The highest BCUT2D eigenvalue weighted by atomic mass is 79.9. The van der Waals surface area contributed by atoms with Crippen LogP contribution in [0.3, 0.4) is 0 Å². The summed E-state index contributed by atoms with van der Waals surface area (Å²) in [6.07, 6.45) is 0.157. The minimum atomic E-state index is -0.401. The number of anilines is 1. The molecule has 18 heavy (non-hydrogen) atoms. The summed E-state index contributed by atoms with van der Waals surface area (Å²) in [5.41, 5.74) is 6.87. The number of nitrogens with two attached hydrogens (primary N) is 1. The van der Waals surface area contributed by atoms with E-state index in [9.17, 15) is 9.18 Å². The highest BCUT2D eigenvalue weighted by molar-refractivity contribution is 9.10. The number of carbonyl (C=O) groups is 1. The van der Waals surface area contributed by atoms with Crippen LogP contribution in [0.2, 0.25) is 0 Å². The number of aromatic nitrogens is 2. The van der Waals surface area contributed by atoms with Crippen LogP contribution in [0.15, 0.2) is 16.6 Å². The number of nitrogen functional groups attached to an aromatic ring is 1. The lowest BCUT2D eigenvalue weighted by Gasteiger charge is -2.05. The number of carbonyl (C=O) groups excluding carboxylic acids is 1. The quantitative estimate of drug-likeness (QED) is 0.880. The molecule has 96 valence electrons. The Balaban J connectivity index is 2.40. The van der Waals surface area contributed by atoms with Crippen LogP contribution in [0.1, 0.15) is 6.42 Å². The lowest BCUT2D eigenvalue weighted by molar-refractivity contribution is -0.140. The van der Waals surface area contributed by atoms with Crippen LogP contribution in [0.4, 0.5) is 10.3 Å². The minimum absolute atomic E-state index is 0.157. The molecule has 1 heterocycles. The summed E-state index contributed by atoms with van der Waals surface area (Å²) in [7, 11) is 1.31. The van der Waals surface area contributed by atoms with Crippen LogP contribution in [0, 0.1) is 5.82 Å². The van der Waals surface area contributed by atoms with Crippen molar-refractivity contribution in [3.63, 3.8) is 0 Å². The van der Waals surface area contributed by atoms with E-state index in [0.717, 1.165) is 0 Å². The number of nitrogens with zero attached hydrogens (tertiary/aromatic N) is 2. The second-order valence-electron chi connectivity index (χ2n) is 3.70. The molecule has 5 nitrogen and oxygen atoms in total. The Labute approximate surface area is 111 Å². The number of hydrogen-bond acceptors (Lipinski definition) is 4. The molecule has 0 unspecified atom stereocenters. The van der Waals surface area contributed by atoms with E-state index < -0.39 is 5.82 Å². The molecule has 0 saturated heterocycles. The predicted molar refractivity (Wildman–Crippen MR) is 68.4 cm³/mol. The van der Waals surface area contributed by atoms with Gasteiger partial charge in [0, 0.05) is 12.6 Å². The molecule has 0 fully saturated rings. The monoisotopic (exact) mass is 315 g/mol. The van der Waals surface area contributed by atoms with Crippen LogP contribution < -0.4 is 5.73 Å². The van der Waals surface area contributed by atoms with E-state index in [4.69, 9.17) is 5.73 Å². The van der Waals surface area contributed by atoms with Crippen molar-refractivity contribution in [3.8, 4) is 0 Å². The van der Waals surface area contributed by atoms with Crippen molar-refractivity contribution in [2.75, 3.05) is 12.8 Å². The van der Waals surface area contributed by atoms with Gasteiger partial charge in [0.05, 0.1) is 29.0 Å². The van der Waals surface area contributed by atoms with Crippen molar-refractivity contribution in [1.29, 1.82) is 0 Å². The standard InChI is InChI=1S/C11H11BrFN3O2/c1-18-10(17)2-3-16-9-5-7(13)6(12)4-8(9)15-11(16)14/h4-5H,2-3H2,1H3,(H2,14,15). The number of fused-ring (bicyclic) bond motifs is 1. The van der Waals surface area contributed by atoms with Gasteiger partial charge in [-0.25, -0.2) is 9.37 Å². The summed E-state index contributed by atoms with van der Waals surface area (Å²) < 4.78 is 19.9. The Morgan fingerprint density at radius 3 is 3.00 bits per heavy atom. The number of hydrogen-bond donors (Lipinski definition) is 1. The second kappa shape index (κ2) is 4.93. The molecule has 0 spiro atoms. The van der Waals surface area contributed by atoms with Gasteiger partial charge in [-0.2, -0.15) is 0 Å². The lowest BCUT2D eigenvalue weighted by atomic mass is 10.3. The molecule has 0 saturated carbocycles. The molecule has 0 atom stereocenters. The van der Waals surface area contributed by atoms with E-state index in [1.807, 2.05) is 0 Å². The molecule has 0 amide bonds. The van der Waals surface area contributed by atoms with Crippen LogP contribution in [-0.4, -0.2) is 22.6 Å². The average molecular weight is 316 g/mol. The van der Waals surface area contributed by atoms with Gasteiger partial charge in [-0.3, -0.25) is 4.79 Å². The molecule has 0 aliphatic carbocycles. The second-order valence-corrected chi connectivity index (χ2v) is 4.56. The van der Waals surface area contributed by atoms with Crippen molar-refractivity contribution in [1.82, 2.24) is 9.55 Å². The summed E-state index contributed by atoms with van der Waals surface area (Å²) in [5, 5.41) is 0. The van der Waals surface area contributed by atoms with Crippen molar-refractivity contribution in [3.05, 3.63) is 22.4 Å². The molecule has 0 radical (unpaired) electrons. The number of ether oxygens (including phenoxy) is 1. The summed E-state index contributed by atoms with van der Waals surface area (Å²) in [4.78, 5) is 15.2. The topological polar surface area (TPSA) is 70.1 Å². The Hall–Kier alpha value is -1.63. The van der Waals surface area contributed by atoms with E-state index in [1.165, 1.54) is 13.2 Å². The molecule has 0 bridgehead atoms. The molecular weight excluding hydrogens is 305 g/mol. The Kier molecular flexibility index (Phi) is 3.51. The minimum Gasteiger partial charge on any atom is -0.469 e. The third-order valence-electron chi connectivity index (χ3n) is 2.59. The van der Waals surface area contributed by atoms with E-state index >= 15 is 0 Å². The number of imidazole rings is 1. The average Bonchev–Trinajstić information content (AvgIpc) is 2.62. The molecule has 7 heteroatoms. The fourth-order valence-corrected chi connectivity index (χ4v) is 2.01. The fraction of sp³-hybridized carbons (Fsp3) is 0.273. The first-order chi connectivity index (χ1) is 8.52. The summed E-state index contributed by atoms with van der Waals surface area (Å²) in [6.45, 7) is 0.302. The molecule has 0 aliphatic rings. The maximum Gasteiger partial charge on any atom is 0.307 e. The van der Waals surface area contributed by atoms with Gasteiger partial charge in [-0.05, 0) is 22.0 Å². The van der Waals surface area contributed by atoms with Crippen LogP contribution >= 0.6 is 15.9 Å². The van der Waals surface area contributed by atoms with Gasteiger partial charge in [0.1, 0.15) is 5.82 Å². The maximum absolute atomic E-state index is 13.5. The van der Waals surface area contributed by atoms with Gasteiger partial charge < -0.3 is 15.0 Å². The highest BCUT2D eigenvalue weighted by Gasteiger charge is 2.12. The third kappa shape index (κ3) is 2.31. The Morgan fingerprint density at radius 2 is 2.33 bits per heavy atom. The first-order valence-corrected chi connectivity index (χ1v) is 6.00. The molecule has 0 aliphatic heterocycles. The van der Waals surface area contributed by atoms with Gasteiger partial charge in [0.15, 0.2) is 0 Å². The molecular formula is C11H11BrFN3O2. The molecule has 2 aromatic rings. The number of halogens is 2. The number of aryl methyl sites for hydroxylation is 1. The van der Waals surface area contributed by atoms with Gasteiger partial charge in [0.25, 0.3) is 0 Å². The van der Waals surface area contributed by atoms with Crippen LogP contribution in [0.5, 0.6) is 0 Å². The van der Waals surface area contributed by atoms with E-state index in [2.05, 4.69) is 25.7 Å². The van der Waals surface area contributed by atoms with Gasteiger partial charge in [0.2, 0.25) is 5.95 Å². The number of benzene rings is 1. The fourth-order valence-electron chi connectivity index (χ4n) is 1.68.